The highest BCUT2D eigenvalue weighted by Crippen LogP contribution is 2.16. The first-order valence-electron chi connectivity index (χ1n) is 8.87. The van der Waals surface area contributed by atoms with Crippen LogP contribution in [0, 0.1) is 0 Å². The number of aliphatic hydroxyl groups is 1. The molecule has 6 heteroatoms. The Morgan fingerprint density at radius 3 is 2.96 bits per heavy atom. The minimum Gasteiger partial charge on any atom is -0.395 e. The molecule has 0 spiro atoms. The fraction of sp³-hybridized carbons (Fsp3) is 0.474. The van der Waals surface area contributed by atoms with E-state index in [1.54, 1.807) is 0 Å². The van der Waals surface area contributed by atoms with Crippen LogP contribution in [-0.4, -0.2) is 53.2 Å². The quantitative estimate of drug-likeness (QED) is 0.796. The second-order valence-corrected chi connectivity index (χ2v) is 7.36. The normalized spacial score (nSPS) is 18.2. The molecule has 2 N–H and O–H groups in total. The molecular formula is C19H25N3O2S. The second kappa shape index (κ2) is 9.08. The fourth-order valence-electron chi connectivity index (χ4n) is 3.23. The molecule has 1 fully saturated rings. The number of likely N-dealkylation sites (tertiary alicyclic amines) is 1. The molecule has 0 radical (unpaired) electrons. The zero-order valence-electron chi connectivity index (χ0n) is 14.4. The van der Waals surface area contributed by atoms with Gasteiger partial charge in [0.05, 0.1) is 11.6 Å². The molecule has 1 amide bonds. The molecule has 1 aromatic carbocycles. The topological polar surface area (TPSA) is 65.5 Å². The van der Waals surface area contributed by atoms with Gasteiger partial charge in [-0.2, -0.15) is 0 Å². The maximum atomic E-state index is 12.3. The number of nitrogens with one attached hydrogen (secondary N) is 1. The number of hydrogen-bond acceptors (Lipinski definition) is 5. The summed E-state index contributed by atoms with van der Waals surface area (Å²) in [4.78, 5) is 19.0. The number of nitrogens with zero attached hydrogens (tertiary/aromatic N) is 2. The van der Waals surface area contributed by atoms with E-state index < -0.39 is 0 Å². The summed E-state index contributed by atoms with van der Waals surface area (Å²) in [7, 11) is 0. The van der Waals surface area contributed by atoms with Crippen molar-refractivity contribution in [2.75, 3.05) is 26.2 Å². The lowest BCUT2D eigenvalue weighted by Crippen LogP contribution is -2.45. The third-order valence-corrected chi connectivity index (χ3v) is 5.48. The summed E-state index contributed by atoms with van der Waals surface area (Å²) < 4.78 is 0. The Kier molecular flexibility index (Phi) is 6.55. The zero-order valence-corrected chi connectivity index (χ0v) is 15.2. The van der Waals surface area contributed by atoms with Gasteiger partial charge in [0.1, 0.15) is 5.69 Å². The number of piperidine rings is 1. The number of benzene rings is 1. The van der Waals surface area contributed by atoms with E-state index in [0.29, 0.717) is 12.2 Å². The number of carbonyl (C=O) groups excluding carboxylic acids is 1. The van der Waals surface area contributed by atoms with Crippen molar-refractivity contribution in [3.05, 3.63) is 52.0 Å². The van der Waals surface area contributed by atoms with Crippen molar-refractivity contribution in [1.29, 1.82) is 0 Å². The van der Waals surface area contributed by atoms with Crippen molar-refractivity contribution in [2.24, 2.45) is 0 Å². The van der Waals surface area contributed by atoms with E-state index in [2.05, 4.69) is 27.3 Å². The molecule has 1 saturated heterocycles. The Hall–Kier alpha value is -1.76. The molecule has 5 nitrogen and oxygen atoms in total. The molecule has 1 aliphatic rings. The molecule has 2 aromatic rings. The maximum Gasteiger partial charge on any atom is 0.270 e. The predicted octanol–water partition coefficient (Wildman–Crippen LogP) is 2.31. The Morgan fingerprint density at radius 1 is 1.32 bits per heavy atom. The van der Waals surface area contributed by atoms with Crippen molar-refractivity contribution >= 4 is 17.2 Å². The zero-order chi connectivity index (χ0) is 17.5. The minimum atomic E-state index is -0.117. The summed E-state index contributed by atoms with van der Waals surface area (Å²) in [6.07, 6.45) is 4.14. The molecule has 1 atom stereocenters. The van der Waals surface area contributed by atoms with Crippen LogP contribution in [-0.2, 0) is 6.42 Å². The first-order chi connectivity index (χ1) is 12.3. The van der Waals surface area contributed by atoms with Crippen molar-refractivity contribution in [1.82, 2.24) is 15.2 Å². The highest BCUT2D eigenvalue weighted by atomic mass is 32.1. The summed E-state index contributed by atoms with van der Waals surface area (Å²) in [5.74, 6) is -0.117. The number of thiazole rings is 1. The summed E-state index contributed by atoms with van der Waals surface area (Å²) in [5.41, 5.74) is 1.69. The smallest absolute Gasteiger partial charge is 0.270 e. The van der Waals surface area contributed by atoms with E-state index in [1.165, 1.54) is 29.7 Å². The van der Waals surface area contributed by atoms with Crippen LogP contribution in [0.25, 0.3) is 0 Å². The van der Waals surface area contributed by atoms with E-state index in [-0.39, 0.29) is 18.6 Å². The van der Waals surface area contributed by atoms with Crippen LogP contribution in [0.2, 0.25) is 0 Å². The van der Waals surface area contributed by atoms with Gasteiger partial charge in [-0.05, 0) is 24.9 Å². The van der Waals surface area contributed by atoms with Crippen LogP contribution >= 0.6 is 11.3 Å². The molecule has 0 saturated carbocycles. The lowest BCUT2D eigenvalue weighted by atomic mass is 10.0. The Bertz CT molecular complexity index is 674. The average molecular weight is 359 g/mol. The highest BCUT2D eigenvalue weighted by Gasteiger charge is 2.21. The third-order valence-electron chi connectivity index (χ3n) is 4.63. The Morgan fingerprint density at radius 2 is 2.16 bits per heavy atom. The molecule has 1 unspecified atom stereocenters. The molecule has 1 aromatic heterocycles. The molecule has 1 aliphatic heterocycles. The van der Waals surface area contributed by atoms with Crippen LogP contribution in [0.1, 0.15) is 40.3 Å². The minimum absolute atomic E-state index is 0.117. The fourth-order valence-corrected chi connectivity index (χ4v) is 4.04. The monoisotopic (exact) mass is 359 g/mol. The summed E-state index contributed by atoms with van der Waals surface area (Å²) in [6, 6.07) is 10.4. The Balaban J connectivity index is 1.47. The van der Waals surface area contributed by atoms with Crippen molar-refractivity contribution in [3.8, 4) is 0 Å². The van der Waals surface area contributed by atoms with Gasteiger partial charge >= 0.3 is 0 Å². The van der Waals surface area contributed by atoms with Gasteiger partial charge in [-0.25, -0.2) is 4.98 Å². The lowest BCUT2D eigenvalue weighted by molar-refractivity contribution is 0.0847. The first-order valence-corrected chi connectivity index (χ1v) is 9.75. The number of rotatable bonds is 7. The molecule has 25 heavy (non-hydrogen) atoms. The van der Waals surface area contributed by atoms with Crippen LogP contribution in [0.4, 0.5) is 0 Å². The number of amides is 1. The van der Waals surface area contributed by atoms with Crippen LogP contribution in [0.5, 0.6) is 0 Å². The number of hydrogen-bond donors (Lipinski definition) is 2. The maximum absolute atomic E-state index is 12.3. The van der Waals surface area contributed by atoms with Crippen LogP contribution in [0.3, 0.4) is 0 Å². The first kappa shape index (κ1) is 18.0. The molecule has 0 aliphatic carbocycles. The van der Waals surface area contributed by atoms with Crippen molar-refractivity contribution in [2.45, 2.75) is 31.7 Å². The summed E-state index contributed by atoms with van der Waals surface area (Å²) >= 11 is 1.52. The lowest BCUT2D eigenvalue weighted by Gasteiger charge is -2.34. The van der Waals surface area contributed by atoms with Gasteiger partial charge in [-0.3, -0.25) is 9.69 Å². The average Bonchev–Trinajstić information content (AvgIpc) is 3.11. The number of aromatic nitrogens is 1. The van der Waals surface area contributed by atoms with Gasteiger partial charge in [-0.15, -0.1) is 11.3 Å². The molecule has 2 heterocycles. The molecule has 0 bridgehead atoms. The highest BCUT2D eigenvalue weighted by molar-refractivity contribution is 7.09. The van der Waals surface area contributed by atoms with Gasteiger partial charge in [0.25, 0.3) is 5.91 Å². The van der Waals surface area contributed by atoms with Gasteiger partial charge in [0.15, 0.2) is 0 Å². The predicted molar refractivity (Wildman–Crippen MR) is 100.0 cm³/mol. The third kappa shape index (κ3) is 5.11. The largest absolute Gasteiger partial charge is 0.395 e. The standard InChI is InChI=1S/C19H25N3O2S/c23-13-16-8-4-5-10-22(16)11-9-20-19(24)17-14-25-18(21-17)12-15-6-2-1-3-7-15/h1-3,6-7,14,16,23H,4-5,8-13H2,(H,20,24). The van der Waals surface area contributed by atoms with Gasteiger partial charge in [-0.1, -0.05) is 36.8 Å². The van der Waals surface area contributed by atoms with Crippen molar-refractivity contribution < 1.29 is 9.90 Å². The van der Waals surface area contributed by atoms with Crippen molar-refractivity contribution in [3.63, 3.8) is 0 Å². The molecule has 134 valence electrons. The van der Waals surface area contributed by atoms with Crippen LogP contribution in [0.15, 0.2) is 35.7 Å². The van der Waals surface area contributed by atoms with Gasteiger partial charge in [0.2, 0.25) is 0 Å². The second-order valence-electron chi connectivity index (χ2n) is 6.41. The number of carbonyl (C=O) groups is 1. The van der Waals surface area contributed by atoms with Gasteiger partial charge < -0.3 is 10.4 Å². The molecule has 3 rings (SSSR count). The number of aliphatic hydroxyl groups excluding tert-OH is 1. The summed E-state index contributed by atoms with van der Waals surface area (Å²) in [5, 5.41) is 15.2. The summed E-state index contributed by atoms with van der Waals surface area (Å²) in [6.45, 7) is 2.56. The van der Waals surface area contributed by atoms with E-state index in [1.807, 2.05) is 23.6 Å². The van der Waals surface area contributed by atoms with E-state index in [9.17, 15) is 9.90 Å². The van der Waals surface area contributed by atoms with E-state index in [0.717, 1.165) is 30.9 Å². The van der Waals surface area contributed by atoms with Crippen LogP contribution < -0.4 is 5.32 Å². The Labute approximate surface area is 152 Å². The SMILES string of the molecule is O=C(NCCN1CCCCC1CO)c1csc(Cc2ccccc2)n1. The molecular weight excluding hydrogens is 334 g/mol. The van der Waals surface area contributed by atoms with E-state index in [4.69, 9.17) is 0 Å². The van der Waals surface area contributed by atoms with Gasteiger partial charge in [0, 0.05) is 30.9 Å². The van der Waals surface area contributed by atoms with E-state index >= 15 is 0 Å².